The van der Waals surface area contributed by atoms with Crippen molar-refractivity contribution in [2.24, 2.45) is 0 Å². The maximum atomic E-state index is 13.9. The highest BCUT2D eigenvalue weighted by atomic mass is 19.1. The van der Waals surface area contributed by atoms with E-state index in [1.165, 1.54) is 29.3 Å². The summed E-state index contributed by atoms with van der Waals surface area (Å²) in [6.07, 6.45) is 1.43. The van der Waals surface area contributed by atoms with Crippen molar-refractivity contribution in [2.45, 2.75) is 44.4 Å². The predicted octanol–water partition coefficient (Wildman–Crippen LogP) is 2.36. The molecule has 0 aliphatic carbocycles. The summed E-state index contributed by atoms with van der Waals surface area (Å²) in [7, 11) is 0. The first-order chi connectivity index (χ1) is 15.2. The Morgan fingerprint density at radius 1 is 1.09 bits per heavy atom. The van der Waals surface area contributed by atoms with Gasteiger partial charge in [-0.25, -0.2) is 4.39 Å². The highest BCUT2D eigenvalue weighted by molar-refractivity contribution is 5.99. The van der Waals surface area contributed by atoms with Gasteiger partial charge in [0.15, 0.2) is 0 Å². The van der Waals surface area contributed by atoms with Gasteiger partial charge in [0.05, 0.1) is 17.7 Å². The summed E-state index contributed by atoms with van der Waals surface area (Å²) in [5.74, 6) is -1.56. The number of carbonyl (C=O) groups is 2. The summed E-state index contributed by atoms with van der Waals surface area (Å²) in [5, 5.41) is 13.8. The number of hydrogen-bond donors (Lipinski definition) is 2. The number of likely N-dealkylation sites (tertiary alicyclic amines) is 1. The molecule has 2 N–H and O–H groups in total. The summed E-state index contributed by atoms with van der Waals surface area (Å²) in [6.45, 7) is 5.99. The molecule has 1 fully saturated rings. The van der Waals surface area contributed by atoms with E-state index in [0.29, 0.717) is 19.5 Å². The second kappa shape index (κ2) is 8.64. The molecule has 0 saturated carbocycles. The zero-order valence-electron chi connectivity index (χ0n) is 18.6. The Labute approximate surface area is 188 Å². The van der Waals surface area contributed by atoms with Crippen molar-refractivity contribution in [3.05, 3.63) is 71.0 Å². The predicted molar refractivity (Wildman–Crippen MR) is 120 cm³/mol. The van der Waals surface area contributed by atoms with Crippen molar-refractivity contribution in [1.82, 2.24) is 15.1 Å². The Morgan fingerprint density at radius 2 is 1.78 bits per heavy atom. The van der Waals surface area contributed by atoms with E-state index in [2.05, 4.69) is 28.4 Å². The molecule has 2 aliphatic heterocycles. The van der Waals surface area contributed by atoms with Crippen LogP contribution in [-0.2, 0) is 17.8 Å². The maximum absolute atomic E-state index is 13.9. The normalized spacial score (nSPS) is 21.3. The standard InChI is InChI=1S/C25H30FN3O3/c1-24(2,27-22(30)20-9-5-6-10-21(20)26)23(31)29-14-12-25(32,17-29)16-28-13-11-18-7-3-4-8-19(18)15-28/h3-10,32H,11-17H2,1-2H3,(H,27,30)/t25-/m0/s1. The molecule has 1 saturated heterocycles. The lowest BCUT2D eigenvalue weighted by Crippen LogP contribution is -2.56. The average Bonchev–Trinajstić information content (AvgIpc) is 3.14. The van der Waals surface area contributed by atoms with Crippen molar-refractivity contribution in [2.75, 3.05) is 26.2 Å². The van der Waals surface area contributed by atoms with Gasteiger partial charge in [-0.1, -0.05) is 36.4 Å². The fraction of sp³-hybridized carbons (Fsp3) is 0.440. The minimum absolute atomic E-state index is 0.100. The van der Waals surface area contributed by atoms with E-state index in [0.717, 1.165) is 19.5 Å². The Morgan fingerprint density at radius 3 is 2.53 bits per heavy atom. The monoisotopic (exact) mass is 439 g/mol. The summed E-state index contributed by atoms with van der Waals surface area (Å²) >= 11 is 0. The van der Waals surface area contributed by atoms with Crippen molar-refractivity contribution in [3.8, 4) is 0 Å². The first kappa shape index (κ1) is 22.4. The molecule has 4 rings (SSSR count). The summed E-state index contributed by atoms with van der Waals surface area (Å²) in [5.41, 5.74) is 0.315. The van der Waals surface area contributed by atoms with Crippen molar-refractivity contribution < 1.29 is 19.1 Å². The minimum Gasteiger partial charge on any atom is -0.387 e. The van der Waals surface area contributed by atoms with E-state index in [4.69, 9.17) is 0 Å². The van der Waals surface area contributed by atoms with Crippen LogP contribution in [0.5, 0.6) is 0 Å². The molecule has 0 unspecified atom stereocenters. The van der Waals surface area contributed by atoms with Gasteiger partial charge in [0, 0.05) is 26.2 Å². The minimum atomic E-state index is -1.23. The molecule has 0 bridgehead atoms. The molecule has 1 atom stereocenters. The third-order valence-corrected chi connectivity index (χ3v) is 6.43. The van der Waals surface area contributed by atoms with E-state index in [1.54, 1.807) is 24.8 Å². The highest BCUT2D eigenvalue weighted by Gasteiger charge is 2.44. The number of fused-ring (bicyclic) bond motifs is 1. The van der Waals surface area contributed by atoms with Crippen LogP contribution in [0.25, 0.3) is 0 Å². The highest BCUT2D eigenvalue weighted by Crippen LogP contribution is 2.27. The number of halogens is 1. The van der Waals surface area contributed by atoms with Crippen LogP contribution in [-0.4, -0.2) is 64.0 Å². The number of β-amino-alcohol motifs (C(OH)–C–C–N with tert-alkyl or cyclic N) is 1. The van der Waals surface area contributed by atoms with Crippen LogP contribution in [0.1, 0.15) is 41.8 Å². The van der Waals surface area contributed by atoms with Gasteiger partial charge in [0.25, 0.3) is 5.91 Å². The van der Waals surface area contributed by atoms with Gasteiger partial charge in [-0.05, 0) is 49.9 Å². The van der Waals surface area contributed by atoms with Gasteiger partial charge in [0.1, 0.15) is 11.4 Å². The van der Waals surface area contributed by atoms with Crippen molar-refractivity contribution in [1.29, 1.82) is 0 Å². The van der Waals surface area contributed by atoms with Crippen LogP contribution in [0, 0.1) is 5.82 Å². The molecule has 2 aromatic carbocycles. The van der Waals surface area contributed by atoms with Crippen molar-refractivity contribution >= 4 is 11.8 Å². The third kappa shape index (κ3) is 4.69. The lowest BCUT2D eigenvalue weighted by Gasteiger charge is -2.35. The summed E-state index contributed by atoms with van der Waals surface area (Å²) in [4.78, 5) is 29.5. The molecule has 2 aromatic rings. The average molecular weight is 440 g/mol. The summed E-state index contributed by atoms with van der Waals surface area (Å²) in [6, 6.07) is 14.0. The molecule has 2 amide bonds. The van der Waals surface area contributed by atoms with E-state index in [9.17, 15) is 19.1 Å². The lowest BCUT2D eigenvalue weighted by atomic mass is 9.96. The quantitative estimate of drug-likeness (QED) is 0.750. The van der Waals surface area contributed by atoms with E-state index >= 15 is 0 Å². The van der Waals surface area contributed by atoms with Gasteiger partial charge in [-0.15, -0.1) is 0 Å². The molecule has 2 aliphatic rings. The fourth-order valence-corrected chi connectivity index (χ4v) is 4.71. The lowest BCUT2D eigenvalue weighted by molar-refractivity contribution is -0.136. The van der Waals surface area contributed by atoms with E-state index < -0.39 is 22.9 Å². The van der Waals surface area contributed by atoms with Gasteiger partial charge in [0.2, 0.25) is 5.91 Å². The van der Waals surface area contributed by atoms with Crippen LogP contribution < -0.4 is 5.32 Å². The zero-order valence-corrected chi connectivity index (χ0v) is 18.6. The molecule has 0 spiro atoms. The molecule has 32 heavy (non-hydrogen) atoms. The Balaban J connectivity index is 1.37. The second-order valence-corrected chi connectivity index (χ2v) is 9.49. The van der Waals surface area contributed by atoms with Gasteiger partial charge in [-0.2, -0.15) is 0 Å². The molecular weight excluding hydrogens is 409 g/mol. The van der Waals surface area contributed by atoms with Gasteiger partial charge >= 0.3 is 0 Å². The molecule has 0 aromatic heterocycles. The summed E-state index contributed by atoms with van der Waals surface area (Å²) < 4.78 is 13.9. The van der Waals surface area contributed by atoms with Crippen LogP contribution in [0.15, 0.2) is 48.5 Å². The maximum Gasteiger partial charge on any atom is 0.255 e. The van der Waals surface area contributed by atoms with Crippen molar-refractivity contribution in [3.63, 3.8) is 0 Å². The molecule has 0 radical (unpaired) electrons. The first-order valence-corrected chi connectivity index (χ1v) is 11.0. The largest absolute Gasteiger partial charge is 0.387 e. The van der Waals surface area contributed by atoms with Crippen LogP contribution in [0.4, 0.5) is 4.39 Å². The molecule has 170 valence electrons. The number of nitrogens with one attached hydrogen (secondary N) is 1. The smallest absolute Gasteiger partial charge is 0.255 e. The number of carbonyl (C=O) groups excluding carboxylic acids is 2. The first-order valence-electron chi connectivity index (χ1n) is 11.0. The van der Waals surface area contributed by atoms with E-state index in [-0.39, 0.29) is 18.0 Å². The molecular formula is C25H30FN3O3. The number of amides is 2. The number of nitrogens with zero attached hydrogens (tertiary/aromatic N) is 2. The Hall–Kier alpha value is -2.77. The van der Waals surface area contributed by atoms with E-state index in [1.807, 2.05) is 6.07 Å². The number of hydrogen-bond acceptors (Lipinski definition) is 4. The topological polar surface area (TPSA) is 72.9 Å². The number of benzene rings is 2. The zero-order chi connectivity index (χ0) is 22.9. The van der Waals surface area contributed by atoms with Gasteiger partial charge in [-0.3, -0.25) is 14.5 Å². The molecule has 6 nitrogen and oxygen atoms in total. The second-order valence-electron chi connectivity index (χ2n) is 9.49. The van der Waals surface area contributed by atoms with Gasteiger partial charge < -0.3 is 15.3 Å². The molecule has 7 heteroatoms. The third-order valence-electron chi connectivity index (χ3n) is 6.43. The Kier molecular flexibility index (Phi) is 6.05. The van der Waals surface area contributed by atoms with Crippen LogP contribution >= 0.6 is 0 Å². The number of rotatable bonds is 5. The molecule has 2 heterocycles. The van der Waals surface area contributed by atoms with Crippen LogP contribution in [0.3, 0.4) is 0 Å². The van der Waals surface area contributed by atoms with Crippen LogP contribution in [0.2, 0.25) is 0 Å². The number of aliphatic hydroxyl groups is 1. The fourth-order valence-electron chi connectivity index (χ4n) is 4.71. The Bertz CT molecular complexity index is 1020. The SMILES string of the molecule is CC(C)(NC(=O)c1ccccc1F)C(=O)N1CC[C@](O)(CN2CCc3ccccc3C2)C1.